The molecule has 0 saturated heterocycles. The number of rotatable bonds is 6. The van der Waals surface area contributed by atoms with Gasteiger partial charge in [0.15, 0.2) is 11.6 Å². The van der Waals surface area contributed by atoms with E-state index in [1.807, 2.05) is 25.2 Å². The Morgan fingerprint density at radius 1 is 1.24 bits per heavy atom. The first-order valence-corrected chi connectivity index (χ1v) is 9.04. The van der Waals surface area contributed by atoms with Gasteiger partial charge in [-0.3, -0.25) is 4.79 Å². The first-order valence-electron chi connectivity index (χ1n) is 8.22. The van der Waals surface area contributed by atoms with E-state index in [1.165, 1.54) is 6.07 Å². The van der Waals surface area contributed by atoms with Gasteiger partial charge in [-0.2, -0.15) is 0 Å². The number of thiazole rings is 1. The predicted molar refractivity (Wildman–Crippen MR) is 98.0 cm³/mol. The number of carbonyl (C=O) groups excluding carboxylic acids is 1. The van der Waals surface area contributed by atoms with E-state index in [-0.39, 0.29) is 24.3 Å². The van der Waals surface area contributed by atoms with Crippen molar-refractivity contribution in [2.24, 2.45) is 0 Å². The van der Waals surface area contributed by atoms with Crippen molar-refractivity contribution in [1.82, 2.24) is 10.3 Å². The van der Waals surface area contributed by atoms with Gasteiger partial charge in [-0.15, -0.1) is 11.3 Å². The Hall–Kier alpha value is -2.31. The van der Waals surface area contributed by atoms with Crippen LogP contribution in [0.4, 0.5) is 4.39 Å². The maximum Gasteiger partial charge on any atom is 0.275 e. The van der Waals surface area contributed by atoms with Gasteiger partial charge in [-0.1, -0.05) is 30.3 Å². The van der Waals surface area contributed by atoms with Gasteiger partial charge >= 0.3 is 0 Å². The summed E-state index contributed by atoms with van der Waals surface area (Å²) in [6.07, 6.45) is 0. The fraction of sp³-hybridized carbons (Fsp3) is 0.263. The van der Waals surface area contributed by atoms with Crippen LogP contribution in [-0.4, -0.2) is 24.5 Å². The van der Waals surface area contributed by atoms with E-state index < -0.39 is 0 Å². The molecule has 3 aromatic rings. The third-order valence-corrected chi connectivity index (χ3v) is 5.51. The summed E-state index contributed by atoms with van der Waals surface area (Å²) in [4.78, 5) is 17.9. The zero-order valence-corrected chi connectivity index (χ0v) is 15.1. The minimum Gasteiger partial charge on any atom is -0.347 e. The maximum absolute atomic E-state index is 13.6. The van der Waals surface area contributed by atoms with E-state index in [0.717, 1.165) is 20.1 Å². The fourth-order valence-electron chi connectivity index (χ4n) is 2.59. The smallest absolute Gasteiger partial charge is 0.275 e. The second-order valence-electron chi connectivity index (χ2n) is 6.13. The Labute approximate surface area is 150 Å². The highest BCUT2D eigenvalue weighted by Gasteiger charge is 2.22. The molecule has 0 bridgehead atoms. The van der Waals surface area contributed by atoms with E-state index >= 15 is 0 Å². The molecule has 0 spiro atoms. The number of hydrogen-bond acceptors (Lipinski definition) is 3. The summed E-state index contributed by atoms with van der Waals surface area (Å²) in [6, 6.07) is 14.6. The summed E-state index contributed by atoms with van der Waals surface area (Å²) in [6.45, 7) is 2.58. The zero-order chi connectivity index (χ0) is 17.8. The van der Waals surface area contributed by atoms with Crippen molar-refractivity contribution in [2.45, 2.75) is 19.5 Å². The van der Waals surface area contributed by atoms with Gasteiger partial charge in [-0.05, 0) is 25.1 Å². The molecule has 1 amide bonds. The molecule has 0 aliphatic heterocycles. The van der Waals surface area contributed by atoms with Gasteiger partial charge in [-0.25, -0.2) is 9.37 Å². The van der Waals surface area contributed by atoms with Crippen LogP contribution in [0.5, 0.6) is 0 Å². The van der Waals surface area contributed by atoms with E-state index in [2.05, 4.69) is 23.3 Å². The molecule has 2 aromatic carbocycles. The Morgan fingerprint density at radius 2 is 1.96 bits per heavy atom. The van der Waals surface area contributed by atoms with Crippen LogP contribution in [0.2, 0.25) is 0 Å². The molecule has 2 atom stereocenters. The average molecular weight is 358 g/mol. The molecule has 130 valence electrons. The van der Waals surface area contributed by atoms with E-state index in [1.54, 1.807) is 29.5 Å². The van der Waals surface area contributed by atoms with Gasteiger partial charge in [0.2, 0.25) is 0 Å². The number of hydrogen-bond donors (Lipinski definition) is 2. The lowest BCUT2D eigenvalue weighted by atomic mass is 10.2. The summed E-state index contributed by atoms with van der Waals surface area (Å²) in [5.41, 5.74) is 1.49. The summed E-state index contributed by atoms with van der Waals surface area (Å²) < 4.78 is 14.7. The van der Waals surface area contributed by atoms with Crippen molar-refractivity contribution in [3.05, 3.63) is 64.9 Å². The molecule has 0 aliphatic carbocycles. The Kier molecular flexibility index (Phi) is 5.40. The standard InChI is InChI=1S/C19H20FN3OS/c1-13(19-22-16-9-5-6-10-17(16)25-19)23(2)12-18(24)21-11-14-7-3-4-8-15(14)20/h3-10,13H,11-12H2,1-2H3,(H,21,24)/p+1/t13-/m1/s1. The van der Waals surface area contributed by atoms with Gasteiger partial charge < -0.3 is 10.2 Å². The zero-order valence-electron chi connectivity index (χ0n) is 14.3. The van der Waals surface area contributed by atoms with Crippen molar-refractivity contribution in [2.75, 3.05) is 13.6 Å². The Morgan fingerprint density at radius 3 is 2.72 bits per heavy atom. The lowest BCUT2D eigenvalue weighted by molar-refractivity contribution is -0.902. The molecule has 0 aliphatic rings. The molecule has 25 heavy (non-hydrogen) atoms. The quantitative estimate of drug-likeness (QED) is 0.710. The number of amides is 1. The van der Waals surface area contributed by atoms with Gasteiger partial charge in [0.1, 0.15) is 11.9 Å². The number of likely N-dealkylation sites (N-methyl/N-ethyl adjacent to an activating group) is 1. The van der Waals surface area contributed by atoms with Crippen LogP contribution >= 0.6 is 11.3 Å². The van der Waals surface area contributed by atoms with Gasteiger partial charge in [0.05, 0.1) is 17.3 Å². The molecular weight excluding hydrogens is 337 g/mol. The molecule has 2 N–H and O–H groups in total. The number of nitrogens with zero attached hydrogens (tertiary/aromatic N) is 1. The van der Waals surface area contributed by atoms with Crippen molar-refractivity contribution < 1.29 is 14.1 Å². The second-order valence-corrected chi connectivity index (χ2v) is 7.20. The third kappa shape index (κ3) is 4.21. The van der Waals surface area contributed by atoms with Crippen LogP contribution < -0.4 is 10.2 Å². The number of carbonyl (C=O) groups is 1. The van der Waals surface area contributed by atoms with Crippen molar-refractivity contribution in [3.8, 4) is 0 Å². The minimum atomic E-state index is -0.300. The lowest BCUT2D eigenvalue weighted by Gasteiger charge is -2.19. The lowest BCUT2D eigenvalue weighted by Crippen LogP contribution is -3.10. The molecule has 1 aromatic heterocycles. The number of fused-ring (bicyclic) bond motifs is 1. The normalized spacial score (nSPS) is 13.6. The average Bonchev–Trinajstić information content (AvgIpc) is 3.04. The largest absolute Gasteiger partial charge is 0.347 e. The Balaban J connectivity index is 1.58. The summed E-state index contributed by atoms with van der Waals surface area (Å²) >= 11 is 1.66. The second kappa shape index (κ2) is 7.72. The highest BCUT2D eigenvalue weighted by atomic mass is 32.1. The SMILES string of the molecule is C[C@H](c1nc2ccccc2s1)[NH+](C)CC(=O)NCc1ccccc1F. The predicted octanol–water partition coefficient (Wildman–Crippen LogP) is 2.33. The molecule has 0 saturated carbocycles. The number of nitrogens with one attached hydrogen (secondary N) is 2. The summed E-state index contributed by atoms with van der Waals surface area (Å²) in [5.74, 6) is -0.403. The van der Waals surface area contributed by atoms with E-state index in [0.29, 0.717) is 12.1 Å². The van der Waals surface area contributed by atoms with Crippen LogP contribution in [0.3, 0.4) is 0 Å². The van der Waals surface area contributed by atoms with E-state index in [9.17, 15) is 9.18 Å². The highest BCUT2D eigenvalue weighted by molar-refractivity contribution is 7.18. The highest BCUT2D eigenvalue weighted by Crippen LogP contribution is 2.24. The monoisotopic (exact) mass is 358 g/mol. The summed E-state index contributed by atoms with van der Waals surface area (Å²) in [7, 11) is 1.97. The first-order chi connectivity index (χ1) is 12.0. The molecule has 3 rings (SSSR count). The fourth-order valence-corrected chi connectivity index (χ4v) is 3.70. The molecule has 0 radical (unpaired) electrons. The van der Waals surface area contributed by atoms with Crippen LogP contribution in [-0.2, 0) is 11.3 Å². The van der Waals surface area contributed by atoms with Crippen LogP contribution in [0.15, 0.2) is 48.5 Å². The number of benzene rings is 2. The number of quaternary nitrogens is 1. The minimum absolute atomic E-state index is 0.103. The van der Waals surface area contributed by atoms with E-state index in [4.69, 9.17) is 0 Å². The first kappa shape index (κ1) is 17.5. The molecule has 1 unspecified atom stereocenters. The van der Waals surface area contributed by atoms with Crippen LogP contribution in [0.1, 0.15) is 23.5 Å². The molecule has 4 nitrogen and oxygen atoms in total. The van der Waals surface area contributed by atoms with Crippen LogP contribution in [0, 0.1) is 5.82 Å². The Bertz CT molecular complexity index is 847. The van der Waals surface area contributed by atoms with Gasteiger partial charge in [0.25, 0.3) is 5.91 Å². The van der Waals surface area contributed by atoms with Gasteiger partial charge in [0, 0.05) is 12.1 Å². The maximum atomic E-state index is 13.6. The number of halogens is 1. The molecule has 0 fully saturated rings. The third-order valence-electron chi connectivity index (χ3n) is 4.29. The summed E-state index contributed by atoms with van der Waals surface area (Å²) in [5, 5.41) is 3.80. The number of aromatic nitrogens is 1. The van der Waals surface area contributed by atoms with Crippen molar-refractivity contribution in [1.29, 1.82) is 0 Å². The van der Waals surface area contributed by atoms with Crippen molar-refractivity contribution in [3.63, 3.8) is 0 Å². The van der Waals surface area contributed by atoms with Crippen LogP contribution in [0.25, 0.3) is 10.2 Å². The topological polar surface area (TPSA) is 46.4 Å². The molecule has 6 heteroatoms. The van der Waals surface area contributed by atoms with Crippen molar-refractivity contribution >= 4 is 27.5 Å². The molecular formula is C19H21FN3OS+. The number of para-hydroxylation sites is 1. The molecule has 1 heterocycles.